The van der Waals surface area contributed by atoms with Crippen LogP contribution in [0.25, 0.3) is 0 Å². The van der Waals surface area contributed by atoms with Gasteiger partial charge in [0.15, 0.2) is 0 Å². The second kappa shape index (κ2) is 4.78. The summed E-state index contributed by atoms with van der Waals surface area (Å²) in [6.07, 6.45) is 2.72. The molecular formula is C10H16N4OS. The Labute approximate surface area is 99.0 Å². The lowest BCUT2D eigenvalue weighted by molar-refractivity contribution is 0.249. The zero-order valence-corrected chi connectivity index (χ0v) is 10.3. The van der Waals surface area contributed by atoms with Gasteiger partial charge in [-0.05, 0) is 19.1 Å². The largest absolute Gasteiger partial charge is 0.334 e. The number of carbonyl (C=O) groups is 1. The zero-order chi connectivity index (χ0) is 11.5. The van der Waals surface area contributed by atoms with E-state index in [9.17, 15) is 4.79 Å². The van der Waals surface area contributed by atoms with Crippen molar-refractivity contribution in [2.24, 2.45) is 7.05 Å². The van der Waals surface area contributed by atoms with Crippen molar-refractivity contribution in [2.75, 3.05) is 16.8 Å². The van der Waals surface area contributed by atoms with Gasteiger partial charge in [-0.15, -0.1) is 0 Å². The van der Waals surface area contributed by atoms with Crippen LogP contribution in [0.2, 0.25) is 0 Å². The maximum absolute atomic E-state index is 11.7. The smallest absolute Gasteiger partial charge is 0.319 e. The van der Waals surface area contributed by atoms with Crippen LogP contribution in [0.3, 0.4) is 0 Å². The van der Waals surface area contributed by atoms with Crippen LogP contribution < -0.4 is 10.6 Å². The zero-order valence-electron chi connectivity index (χ0n) is 9.49. The van der Waals surface area contributed by atoms with Gasteiger partial charge in [0.05, 0.1) is 17.6 Å². The maximum Gasteiger partial charge on any atom is 0.319 e. The normalized spacial score (nSPS) is 19.8. The molecule has 5 nitrogen and oxygen atoms in total. The Morgan fingerprint density at radius 2 is 2.50 bits per heavy atom. The molecule has 2 N–H and O–H groups in total. The van der Waals surface area contributed by atoms with Crippen molar-refractivity contribution in [1.29, 1.82) is 0 Å². The maximum atomic E-state index is 11.7. The van der Waals surface area contributed by atoms with Crippen LogP contribution in [0, 0.1) is 6.92 Å². The van der Waals surface area contributed by atoms with Crippen LogP contribution in [-0.2, 0) is 7.05 Å². The molecule has 0 aromatic carbocycles. The van der Waals surface area contributed by atoms with Crippen LogP contribution in [-0.4, -0.2) is 33.4 Å². The number of thioether (sulfide) groups is 1. The Morgan fingerprint density at radius 3 is 3.06 bits per heavy atom. The number of urea groups is 1. The van der Waals surface area contributed by atoms with Crippen molar-refractivity contribution < 1.29 is 4.79 Å². The predicted molar refractivity (Wildman–Crippen MR) is 65.8 cm³/mol. The first kappa shape index (κ1) is 11.3. The van der Waals surface area contributed by atoms with Gasteiger partial charge in [-0.1, -0.05) is 0 Å². The number of amides is 2. The van der Waals surface area contributed by atoms with Gasteiger partial charge in [0.2, 0.25) is 0 Å². The molecule has 1 aliphatic rings. The highest BCUT2D eigenvalue weighted by molar-refractivity contribution is 7.99. The fourth-order valence-corrected chi connectivity index (χ4v) is 2.77. The van der Waals surface area contributed by atoms with E-state index >= 15 is 0 Å². The SMILES string of the molecule is Cc1c(NC(=O)N[C@H]2CCSC2)cnn1C. The summed E-state index contributed by atoms with van der Waals surface area (Å²) in [4.78, 5) is 11.7. The minimum absolute atomic E-state index is 0.136. The fourth-order valence-electron chi connectivity index (χ4n) is 1.61. The minimum atomic E-state index is -0.136. The highest BCUT2D eigenvalue weighted by Crippen LogP contribution is 2.17. The van der Waals surface area contributed by atoms with Crippen LogP contribution in [0.4, 0.5) is 10.5 Å². The summed E-state index contributed by atoms with van der Waals surface area (Å²) in [6, 6.07) is 0.172. The minimum Gasteiger partial charge on any atom is -0.334 e. The molecule has 16 heavy (non-hydrogen) atoms. The highest BCUT2D eigenvalue weighted by Gasteiger charge is 2.18. The lowest BCUT2D eigenvalue weighted by atomic mass is 10.3. The van der Waals surface area contributed by atoms with Gasteiger partial charge in [-0.2, -0.15) is 16.9 Å². The van der Waals surface area contributed by atoms with Crippen LogP contribution in [0.5, 0.6) is 0 Å². The monoisotopic (exact) mass is 240 g/mol. The van der Waals surface area contributed by atoms with E-state index in [4.69, 9.17) is 0 Å². The number of hydrogen-bond donors (Lipinski definition) is 2. The molecular weight excluding hydrogens is 224 g/mol. The molecule has 0 bridgehead atoms. The van der Waals surface area contributed by atoms with Gasteiger partial charge in [0, 0.05) is 18.8 Å². The molecule has 0 radical (unpaired) electrons. The van der Waals surface area contributed by atoms with E-state index < -0.39 is 0 Å². The van der Waals surface area contributed by atoms with E-state index in [1.165, 1.54) is 0 Å². The number of rotatable bonds is 2. The first-order valence-corrected chi connectivity index (χ1v) is 6.46. The number of aromatic nitrogens is 2. The molecule has 1 aromatic heterocycles. The summed E-state index contributed by atoms with van der Waals surface area (Å²) in [7, 11) is 1.85. The topological polar surface area (TPSA) is 59.0 Å². The van der Waals surface area contributed by atoms with Crippen LogP contribution >= 0.6 is 11.8 Å². The van der Waals surface area contributed by atoms with E-state index in [1.54, 1.807) is 10.9 Å². The summed E-state index contributed by atoms with van der Waals surface area (Å²) in [5.41, 5.74) is 1.72. The molecule has 1 aromatic rings. The summed E-state index contributed by atoms with van der Waals surface area (Å²) >= 11 is 1.88. The average Bonchev–Trinajstić information content (AvgIpc) is 2.83. The molecule has 6 heteroatoms. The fraction of sp³-hybridized carbons (Fsp3) is 0.600. The van der Waals surface area contributed by atoms with Gasteiger partial charge >= 0.3 is 6.03 Å². The lowest BCUT2D eigenvalue weighted by Crippen LogP contribution is -2.37. The average molecular weight is 240 g/mol. The second-order valence-corrected chi connectivity index (χ2v) is 5.08. The third-order valence-electron chi connectivity index (χ3n) is 2.75. The van der Waals surface area contributed by atoms with Crippen molar-refractivity contribution in [1.82, 2.24) is 15.1 Å². The summed E-state index contributed by atoms with van der Waals surface area (Å²) in [5.74, 6) is 2.15. The van der Waals surface area contributed by atoms with Crippen molar-refractivity contribution in [2.45, 2.75) is 19.4 Å². The van der Waals surface area contributed by atoms with Gasteiger partial charge in [-0.25, -0.2) is 4.79 Å². The van der Waals surface area contributed by atoms with E-state index in [2.05, 4.69) is 15.7 Å². The third kappa shape index (κ3) is 2.49. The molecule has 2 heterocycles. The molecule has 0 saturated carbocycles. The molecule has 88 valence electrons. The number of anilines is 1. The Morgan fingerprint density at radius 1 is 1.69 bits per heavy atom. The van der Waals surface area contributed by atoms with E-state index in [0.717, 1.165) is 29.3 Å². The number of hydrogen-bond acceptors (Lipinski definition) is 3. The van der Waals surface area contributed by atoms with Gasteiger partial charge in [0.25, 0.3) is 0 Å². The lowest BCUT2D eigenvalue weighted by Gasteiger charge is -2.11. The van der Waals surface area contributed by atoms with Gasteiger partial charge in [-0.3, -0.25) is 4.68 Å². The standard InChI is InChI=1S/C10H16N4OS/c1-7-9(5-11-14(7)2)13-10(15)12-8-3-4-16-6-8/h5,8H,3-4,6H2,1-2H3,(H2,12,13,15)/t8-/m0/s1. The Balaban J connectivity index is 1.89. The molecule has 0 spiro atoms. The highest BCUT2D eigenvalue weighted by atomic mass is 32.2. The molecule has 2 rings (SSSR count). The molecule has 0 aliphatic carbocycles. The first-order valence-electron chi connectivity index (χ1n) is 5.30. The molecule has 2 amide bonds. The molecule has 1 fully saturated rings. The van der Waals surface area contributed by atoms with Gasteiger partial charge in [0.1, 0.15) is 0 Å². The Kier molecular flexibility index (Phi) is 3.38. The number of aryl methyl sites for hydroxylation is 1. The molecule has 1 aliphatic heterocycles. The first-order chi connectivity index (χ1) is 7.66. The van der Waals surface area contributed by atoms with E-state index in [0.29, 0.717) is 6.04 Å². The van der Waals surface area contributed by atoms with Crippen molar-refractivity contribution in [3.05, 3.63) is 11.9 Å². The number of nitrogens with one attached hydrogen (secondary N) is 2. The van der Waals surface area contributed by atoms with Crippen molar-refractivity contribution in [3.8, 4) is 0 Å². The van der Waals surface area contributed by atoms with Crippen LogP contribution in [0.1, 0.15) is 12.1 Å². The van der Waals surface area contributed by atoms with Crippen molar-refractivity contribution >= 4 is 23.5 Å². The van der Waals surface area contributed by atoms with Crippen LogP contribution in [0.15, 0.2) is 6.20 Å². The van der Waals surface area contributed by atoms with E-state index in [-0.39, 0.29) is 6.03 Å². The third-order valence-corrected chi connectivity index (χ3v) is 3.91. The molecule has 1 saturated heterocycles. The van der Waals surface area contributed by atoms with Gasteiger partial charge < -0.3 is 10.6 Å². The summed E-state index contributed by atoms with van der Waals surface area (Å²) in [6.45, 7) is 1.92. The molecule has 0 unspecified atom stereocenters. The van der Waals surface area contributed by atoms with Crippen molar-refractivity contribution in [3.63, 3.8) is 0 Å². The summed E-state index contributed by atoms with van der Waals surface area (Å²) < 4.78 is 1.74. The number of nitrogens with zero attached hydrogens (tertiary/aromatic N) is 2. The Hall–Kier alpha value is -1.17. The Bertz CT molecular complexity index is 384. The number of carbonyl (C=O) groups excluding carboxylic acids is 1. The second-order valence-electron chi connectivity index (χ2n) is 3.93. The van der Waals surface area contributed by atoms with E-state index in [1.807, 2.05) is 25.7 Å². The summed E-state index contributed by atoms with van der Waals surface area (Å²) in [5, 5.41) is 9.84. The predicted octanol–water partition coefficient (Wildman–Crippen LogP) is 1.36. The quantitative estimate of drug-likeness (QED) is 0.820. The molecule has 1 atom stereocenters.